The summed E-state index contributed by atoms with van der Waals surface area (Å²) in [6.45, 7) is 2.11. The van der Waals surface area contributed by atoms with Crippen molar-refractivity contribution in [1.29, 1.82) is 0 Å². The number of amides is 1. The normalized spacial score (nSPS) is 10.7. The highest BCUT2D eigenvalue weighted by Crippen LogP contribution is 2.20. The van der Waals surface area contributed by atoms with Gasteiger partial charge in [-0.2, -0.15) is 0 Å². The largest absolute Gasteiger partial charge is 0.484 e. The van der Waals surface area contributed by atoms with Crippen LogP contribution in [0.25, 0.3) is 0 Å². The van der Waals surface area contributed by atoms with Gasteiger partial charge in [-0.3, -0.25) is 10.1 Å². The Morgan fingerprint density at radius 1 is 1.27 bits per heavy atom. The average Bonchev–Trinajstić information content (AvgIpc) is 3.28. The first-order valence-electron chi connectivity index (χ1n) is 7.58. The number of carbonyl (C=O) groups is 1. The molecule has 0 atom stereocenters. The van der Waals surface area contributed by atoms with Crippen molar-refractivity contribution in [2.45, 2.75) is 25.2 Å². The Bertz CT molecular complexity index is 868. The minimum atomic E-state index is -0.217. The van der Waals surface area contributed by atoms with Gasteiger partial charge in [-0.1, -0.05) is 41.6 Å². The highest BCUT2D eigenvalue weighted by molar-refractivity contribution is 7.99. The molecule has 0 bridgehead atoms. The SMILES string of the molecule is CCc1nnc(NC(=O)CSc2nnc(COc3ccc(Cl)cc3)o2)s1. The van der Waals surface area contributed by atoms with E-state index in [1.165, 1.54) is 11.3 Å². The van der Waals surface area contributed by atoms with Crippen LogP contribution in [0.4, 0.5) is 5.13 Å². The van der Waals surface area contributed by atoms with E-state index in [1.54, 1.807) is 24.3 Å². The maximum Gasteiger partial charge on any atom is 0.277 e. The molecular weight excluding hydrogens is 398 g/mol. The first-order chi connectivity index (χ1) is 12.6. The molecule has 0 spiro atoms. The predicted octanol–water partition coefficient (Wildman–Crippen LogP) is 3.45. The molecule has 1 amide bonds. The molecule has 26 heavy (non-hydrogen) atoms. The number of benzene rings is 1. The number of ether oxygens (including phenoxy) is 1. The average molecular weight is 412 g/mol. The fraction of sp³-hybridized carbons (Fsp3) is 0.267. The van der Waals surface area contributed by atoms with Gasteiger partial charge < -0.3 is 9.15 Å². The van der Waals surface area contributed by atoms with E-state index in [-0.39, 0.29) is 18.3 Å². The van der Waals surface area contributed by atoms with Crippen molar-refractivity contribution < 1.29 is 13.9 Å². The van der Waals surface area contributed by atoms with Gasteiger partial charge in [0, 0.05) is 5.02 Å². The standard InChI is InChI=1S/C15H14ClN5O3S2/c1-2-13-19-20-14(26-13)17-11(22)8-25-15-21-18-12(24-15)7-23-10-5-3-9(16)4-6-10/h3-6H,2,7-8H2,1H3,(H,17,20,22). The molecule has 0 aliphatic heterocycles. The van der Waals surface area contributed by atoms with Crippen molar-refractivity contribution in [3.05, 3.63) is 40.2 Å². The zero-order valence-electron chi connectivity index (χ0n) is 13.6. The number of hydrogen-bond acceptors (Lipinski definition) is 9. The second kappa shape index (κ2) is 8.97. The number of anilines is 1. The molecule has 11 heteroatoms. The zero-order chi connectivity index (χ0) is 18.4. The van der Waals surface area contributed by atoms with E-state index < -0.39 is 0 Å². The van der Waals surface area contributed by atoms with Crippen molar-refractivity contribution in [3.8, 4) is 5.75 Å². The highest BCUT2D eigenvalue weighted by Gasteiger charge is 2.12. The molecule has 3 aromatic rings. The first kappa shape index (κ1) is 18.6. The number of hydrogen-bond donors (Lipinski definition) is 1. The number of nitrogens with zero attached hydrogens (tertiary/aromatic N) is 4. The summed E-state index contributed by atoms with van der Waals surface area (Å²) in [4.78, 5) is 11.9. The van der Waals surface area contributed by atoms with E-state index in [1.807, 2.05) is 6.92 Å². The predicted molar refractivity (Wildman–Crippen MR) is 98.7 cm³/mol. The van der Waals surface area contributed by atoms with Gasteiger partial charge in [0.05, 0.1) is 5.75 Å². The number of carbonyl (C=O) groups excluding carboxylic acids is 1. The Morgan fingerprint density at radius 3 is 2.81 bits per heavy atom. The van der Waals surface area contributed by atoms with Crippen LogP contribution in [-0.4, -0.2) is 32.1 Å². The maximum absolute atomic E-state index is 11.9. The van der Waals surface area contributed by atoms with E-state index in [2.05, 4.69) is 25.7 Å². The van der Waals surface area contributed by atoms with Crippen molar-refractivity contribution in [1.82, 2.24) is 20.4 Å². The monoisotopic (exact) mass is 411 g/mol. The lowest BCUT2D eigenvalue weighted by Crippen LogP contribution is -2.13. The van der Waals surface area contributed by atoms with Crippen LogP contribution >= 0.6 is 34.7 Å². The number of aryl methyl sites for hydroxylation is 1. The van der Waals surface area contributed by atoms with Crippen LogP contribution in [0.5, 0.6) is 5.75 Å². The Balaban J connectivity index is 1.44. The lowest BCUT2D eigenvalue weighted by Gasteiger charge is -2.02. The molecule has 1 aromatic carbocycles. The Hall–Kier alpha value is -2.17. The third-order valence-electron chi connectivity index (χ3n) is 2.97. The van der Waals surface area contributed by atoms with Crippen LogP contribution in [0, 0.1) is 0 Å². The molecule has 2 heterocycles. The summed E-state index contributed by atoms with van der Waals surface area (Å²) >= 11 is 8.30. The van der Waals surface area contributed by atoms with Crippen LogP contribution < -0.4 is 10.1 Å². The minimum Gasteiger partial charge on any atom is -0.484 e. The molecule has 8 nitrogen and oxygen atoms in total. The third-order valence-corrected chi connectivity index (χ3v) is 5.02. The summed E-state index contributed by atoms with van der Waals surface area (Å²) in [6, 6.07) is 6.95. The zero-order valence-corrected chi connectivity index (χ0v) is 16.0. The van der Waals surface area contributed by atoms with Gasteiger partial charge >= 0.3 is 0 Å². The van der Waals surface area contributed by atoms with Crippen LogP contribution in [0.2, 0.25) is 5.02 Å². The second-order valence-corrected chi connectivity index (χ2v) is 7.32. The van der Waals surface area contributed by atoms with E-state index in [0.29, 0.717) is 27.0 Å². The topological polar surface area (TPSA) is 103 Å². The molecule has 0 saturated heterocycles. The lowest BCUT2D eigenvalue weighted by molar-refractivity contribution is -0.113. The second-order valence-electron chi connectivity index (χ2n) is 4.90. The molecule has 0 saturated carbocycles. The molecule has 3 rings (SSSR count). The number of thioether (sulfide) groups is 1. The van der Waals surface area contributed by atoms with E-state index in [0.717, 1.165) is 23.2 Å². The van der Waals surface area contributed by atoms with Gasteiger partial charge in [-0.15, -0.1) is 20.4 Å². The molecule has 0 aliphatic rings. The van der Waals surface area contributed by atoms with Gasteiger partial charge in [-0.25, -0.2) is 0 Å². The maximum atomic E-state index is 11.9. The summed E-state index contributed by atoms with van der Waals surface area (Å²) in [5.74, 6) is 0.871. The molecule has 0 unspecified atom stereocenters. The molecule has 136 valence electrons. The highest BCUT2D eigenvalue weighted by atomic mass is 35.5. The summed E-state index contributed by atoms with van der Waals surface area (Å²) < 4.78 is 11.0. The summed E-state index contributed by atoms with van der Waals surface area (Å²) in [5.41, 5.74) is 0. The summed E-state index contributed by atoms with van der Waals surface area (Å²) in [6.07, 6.45) is 0.783. The Labute approximate surface area is 162 Å². The van der Waals surface area contributed by atoms with Gasteiger partial charge in [0.25, 0.3) is 11.1 Å². The van der Waals surface area contributed by atoms with Gasteiger partial charge in [0.1, 0.15) is 10.8 Å². The smallest absolute Gasteiger partial charge is 0.277 e. The molecule has 0 aliphatic carbocycles. The molecule has 2 aromatic heterocycles. The molecule has 0 radical (unpaired) electrons. The minimum absolute atomic E-state index is 0.126. The van der Waals surface area contributed by atoms with Crippen molar-refractivity contribution in [2.24, 2.45) is 0 Å². The summed E-state index contributed by atoms with van der Waals surface area (Å²) in [7, 11) is 0. The quantitative estimate of drug-likeness (QED) is 0.562. The van der Waals surface area contributed by atoms with Gasteiger partial charge in [0.2, 0.25) is 11.0 Å². The van der Waals surface area contributed by atoms with Crippen LogP contribution in [0.1, 0.15) is 17.8 Å². The van der Waals surface area contributed by atoms with Crippen LogP contribution in [-0.2, 0) is 17.8 Å². The van der Waals surface area contributed by atoms with E-state index in [4.69, 9.17) is 20.8 Å². The number of rotatable bonds is 8. The number of halogens is 1. The fourth-order valence-electron chi connectivity index (χ4n) is 1.76. The third kappa shape index (κ3) is 5.41. The molecule has 1 N–H and O–H groups in total. The molecular formula is C15H14ClN5O3S2. The molecule has 0 fully saturated rings. The lowest BCUT2D eigenvalue weighted by atomic mass is 10.3. The Kier molecular flexibility index (Phi) is 6.42. The van der Waals surface area contributed by atoms with Crippen molar-refractivity contribution >= 4 is 45.7 Å². The number of aromatic nitrogens is 4. The number of nitrogens with one attached hydrogen (secondary N) is 1. The van der Waals surface area contributed by atoms with Crippen LogP contribution in [0.3, 0.4) is 0 Å². The summed E-state index contributed by atoms with van der Waals surface area (Å²) in [5, 5.41) is 20.6. The van der Waals surface area contributed by atoms with Crippen molar-refractivity contribution in [2.75, 3.05) is 11.1 Å². The van der Waals surface area contributed by atoms with E-state index >= 15 is 0 Å². The first-order valence-corrected chi connectivity index (χ1v) is 9.76. The Morgan fingerprint density at radius 2 is 2.08 bits per heavy atom. The van der Waals surface area contributed by atoms with Crippen LogP contribution in [0.15, 0.2) is 33.9 Å². The van der Waals surface area contributed by atoms with E-state index in [9.17, 15) is 4.79 Å². The van der Waals surface area contributed by atoms with Crippen molar-refractivity contribution in [3.63, 3.8) is 0 Å². The van der Waals surface area contributed by atoms with Gasteiger partial charge in [0.15, 0.2) is 6.61 Å². The van der Waals surface area contributed by atoms with Gasteiger partial charge in [-0.05, 0) is 30.7 Å². The fourth-order valence-corrected chi connectivity index (χ4v) is 3.16.